The minimum Gasteiger partial charge on any atom is -0.426 e. The quantitative estimate of drug-likeness (QED) is 0.425. The first-order valence-electron chi connectivity index (χ1n) is 8.46. The zero-order valence-corrected chi connectivity index (χ0v) is 17.2. The Kier molecular flexibility index (Phi) is 6.48. The van der Waals surface area contributed by atoms with Crippen LogP contribution in [0.15, 0.2) is 57.5 Å². The molecule has 0 aromatic heterocycles. The van der Waals surface area contributed by atoms with Crippen molar-refractivity contribution in [2.45, 2.75) is 25.7 Å². The highest BCUT2D eigenvalue weighted by Crippen LogP contribution is 2.32. The van der Waals surface area contributed by atoms with Crippen molar-refractivity contribution in [3.05, 3.63) is 57.5 Å². The normalized spacial score (nSPS) is 19.6. The second-order valence-electron chi connectivity index (χ2n) is 6.31. The Hall–Kier alpha value is -1.66. The van der Waals surface area contributed by atoms with Crippen LogP contribution < -0.4 is 9.47 Å². The SMILES string of the molecule is O=C(Oc1ccc(Br)cc1)[C@@H]1CCC[C@@H](C(=O)Oc2ccc(Br)cc2)C1. The van der Waals surface area contributed by atoms with E-state index in [0.717, 1.165) is 28.2 Å². The molecule has 2 atom stereocenters. The third-order valence-electron chi connectivity index (χ3n) is 4.41. The van der Waals surface area contributed by atoms with Gasteiger partial charge in [0.05, 0.1) is 11.8 Å². The fraction of sp³-hybridized carbons (Fsp3) is 0.300. The monoisotopic (exact) mass is 480 g/mol. The Balaban J connectivity index is 1.57. The molecule has 3 rings (SSSR count). The van der Waals surface area contributed by atoms with E-state index in [2.05, 4.69) is 31.9 Å². The number of rotatable bonds is 4. The number of carbonyl (C=O) groups excluding carboxylic acids is 2. The number of hydrogen-bond donors (Lipinski definition) is 0. The van der Waals surface area contributed by atoms with Gasteiger partial charge in [0, 0.05) is 8.95 Å². The highest BCUT2D eigenvalue weighted by molar-refractivity contribution is 9.10. The molecule has 6 heteroatoms. The van der Waals surface area contributed by atoms with Crippen molar-refractivity contribution in [2.75, 3.05) is 0 Å². The van der Waals surface area contributed by atoms with Gasteiger partial charge in [-0.05, 0) is 67.8 Å². The maximum Gasteiger partial charge on any atom is 0.314 e. The molecule has 136 valence electrons. The van der Waals surface area contributed by atoms with Crippen molar-refractivity contribution in [2.24, 2.45) is 11.8 Å². The predicted octanol–water partition coefficient (Wildman–Crippen LogP) is 5.53. The first kappa shape index (κ1) is 19.1. The number of halogens is 2. The van der Waals surface area contributed by atoms with Gasteiger partial charge in [-0.25, -0.2) is 0 Å². The molecule has 1 saturated carbocycles. The van der Waals surface area contributed by atoms with Crippen LogP contribution in [0.25, 0.3) is 0 Å². The van der Waals surface area contributed by atoms with Gasteiger partial charge in [0.1, 0.15) is 11.5 Å². The summed E-state index contributed by atoms with van der Waals surface area (Å²) >= 11 is 6.70. The van der Waals surface area contributed by atoms with Crippen molar-refractivity contribution >= 4 is 43.8 Å². The largest absolute Gasteiger partial charge is 0.426 e. The second-order valence-corrected chi connectivity index (χ2v) is 8.14. The summed E-state index contributed by atoms with van der Waals surface area (Å²) in [5.41, 5.74) is 0. The van der Waals surface area contributed by atoms with Crippen LogP contribution in [0.3, 0.4) is 0 Å². The molecule has 0 radical (unpaired) electrons. The third-order valence-corrected chi connectivity index (χ3v) is 5.46. The lowest BCUT2D eigenvalue weighted by molar-refractivity contribution is -0.144. The Morgan fingerprint density at radius 3 is 1.50 bits per heavy atom. The van der Waals surface area contributed by atoms with Gasteiger partial charge in [0.2, 0.25) is 0 Å². The fourth-order valence-corrected chi connectivity index (χ4v) is 3.55. The van der Waals surface area contributed by atoms with Gasteiger partial charge < -0.3 is 9.47 Å². The van der Waals surface area contributed by atoms with Crippen molar-refractivity contribution in [3.63, 3.8) is 0 Å². The number of ether oxygens (including phenoxy) is 2. The smallest absolute Gasteiger partial charge is 0.314 e. The first-order chi connectivity index (χ1) is 12.5. The van der Waals surface area contributed by atoms with Gasteiger partial charge in [-0.15, -0.1) is 0 Å². The van der Waals surface area contributed by atoms with Crippen LogP contribution in [0.4, 0.5) is 0 Å². The zero-order chi connectivity index (χ0) is 18.5. The van der Waals surface area contributed by atoms with Crippen LogP contribution in [0.2, 0.25) is 0 Å². The summed E-state index contributed by atoms with van der Waals surface area (Å²) in [7, 11) is 0. The van der Waals surface area contributed by atoms with E-state index < -0.39 is 0 Å². The molecule has 0 aliphatic heterocycles. The van der Waals surface area contributed by atoms with Crippen LogP contribution in [-0.4, -0.2) is 11.9 Å². The Morgan fingerprint density at radius 1 is 0.731 bits per heavy atom. The van der Waals surface area contributed by atoms with E-state index in [4.69, 9.17) is 9.47 Å². The van der Waals surface area contributed by atoms with Crippen molar-refractivity contribution in [1.29, 1.82) is 0 Å². The lowest BCUT2D eigenvalue weighted by atomic mass is 9.81. The van der Waals surface area contributed by atoms with Crippen LogP contribution >= 0.6 is 31.9 Å². The molecule has 0 bridgehead atoms. The molecule has 1 fully saturated rings. The van der Waals surface area contributed by atoms with Gasteiger partial charge in [-0.2, -0.15) is 0 Å². The third kappa shape index (κ3) is 5.17. The second kappa shape index (κ2) is 8.82. The van der Waals surface area contributed by atoms with Gasteiger partial charge in [0.15, 0.2) is 0 Å². The molecule has 0 spiro atoms. The molecular formula is C20H18Br2O4. The Labute approximate surface area is 169 Å². The van der Waals surface area contributed by atoms with Gasteiger partial charge in [0.25, 0.3) is 0 Å². The summed E-state index contributed by atoms with van der Waals surface area (Å²) in [6, 6.07) is 14.2. The molecule has 0 amide bonds. The average molecular weight is 482 g/mol. The number of hydrogen-bond acceptors (Lipinski definition) is 4. The zero-order valence-electron chi connectivity index (χ0n) is 14.0. The first-order valence-corrected chi connectivity index (χ1v) is 10.0. The maximum absolute atomic E-state index is 12.4. The van der Waals surface area contributed by atoms with Crippen LogP contribution in [0.5, 0.6) is 11.5 Å². The van der Waals surface area contributed by atoms with Crippen LogP contribution in [-0.2, 0) is 9.59 Å². The lowest BCUT2D eigenvalue weighted by Gasteiger charge is -2.26. The molecule has 1 aliphatic rings. The van der Waals surface area contributed by atoms with Crippen molar-refractivity contribution < 1.29 is 19.1 Å². The van der Waals surface area contributed by atoms with E-state index >= 15 is 0 Å². The highest BCUT2D eigenvalue weighted by atomic mass is 79.9. The van der Waals surface area contributed by atoms with Gasteiger partial charge in [-0.1, -0.05) is 38.3 Å². The lowest BCUT2D eigenvalue weighted by Crippen LogP contribution is -2.31. The topological polar surface area (TPSA) is 52.6 Å². The molecule has 0 saturated heterocycles. The van der Waals surface area contributed by atoms with E-state index in [0.29, 0.717) is 17.9 Å². The fourth-order valence-electron chi connectivity index (χ4n) is 3.02. The molecule has 0 N–H and O–H groups in total. The minimum absolute atomic E-state index is 0.283. The summed E-state index contributed by atoms with van der Waals surface area (Å²) in [4.78, 5) is 24.9. The summed E-state index contributed by atoms with van der Waals surface area (Å²) < 4.78 is 12.7. The summed E-state index contributed by atoms with van der Waals surface area (Å²) in [5, 5.41) is 0. The molecule has 0 unspecified atom stereocenters. The van der Waals surface area contributed by atoms with E-state index in [1.54, 1.807) is 24.3 Å². The number of esters is 2. The van der Waals surface area contributed by atoms with E-state index in [1.165, 1.54) is 0 Å². The van der Waals surface area contributed by atoms with Crippen LogP contribution in [0, 0.1) is 11.8 Å². The molecule has 0 heterocycles. The summed E-state index contributed by atoms with van der Waals surface area (Å²) in [6.45, 7) is 0. The molecule has 1 aliphatic carbocycles. The molecule has 4 nitrogen and oxygen atoms in total. The molecule has 2 aromatic carbocycles. The highest BCUT2D eigenvalue weighted by Gasteiger charge is 2.33. The van der Waals surface area contributed by atoms with Gasteiger partial charge >= 0.3 is 11.9 Å². The molecule has 26 heavy (non-hydrogen) atoms. The number of benzene rings is 2. The van der Waals surface area contributed by atoms with Gasteiger partial charge in [-0.3, -0.25) is 9.59 Å². The van der Waals surface area contributed by atoms with Crippen LogP contribution in [0.1, 0.15) is 25.7 Å². The molecule has 2 aromatic rings. The predicted molar refractivity (Wildman–Crippen MR) is 105 cm³/mol. The van der Waals surface area contributed by atoms with E-state index in [-0.39, 0.29) is 23.8 Å². The summed E-state index contributed by atoms with van der Waals surface area (Å²) in [6.07, 6.45) is 2.74. The van der Waals surface area contributed by atoms with Crippen molar-refractivity contribution in [3.8, 4) is 11.5 Å². The van der Waals surface area contributed by atoms with E-state index in [1.807, 2.05) is 24.3 Å². The number of carbonyl (C=O) groups is 2. The maximum atomic E-state index is 12.4. The minimum atomic E-state index is -0.284. The van der Waals surface area contributed by atoms with Crippen molar-refractivity contribution in [1.82, 2.24) is 0 Å². The Morgan fingerprint density at radius 2 is 1.12 bits per heavy atom. The molecular weight excluding hydrogens is 464 g/mol. The Bertz CT molecular complexity index is 706. The average Bonchev–Trinajstić information content (AvgIpc) is 2.65. The standard InChI is InChI=1S/C20H18Br2O4/c21-15-4-8-17(9-5-15)25-19(23)13-2-1-3-14(12-13)20(24)26-18-10-6-16(22)7-11-18/h4-11,13-14H,1-3,12H2/t13-,14-/m1/s1. The van der Waals surface area contributed by atoms with E-state index in [9.17, 15) is 9.59 Å². The summed E-state index contributed by atoms with van der Waals surface area (Å²) in [5.74, 6) is -0.109.